The average Bonchev–Trinajstić information content (AvgIpc) is 3.07. The summed E-state index contributed by atoms with van der Waals surface area (Å²) in [4.78, 5) is 0. The van der Waals surface area contributed by atoms with E-state index in [9.17, 15) is 0 Å². The van der Waals surface area contributed by atoms with Gasteiger partial charge in [-0.05, 0) is 82.0 Å². The first kappa shape index (κ1) is 32.5. The highest BCUT2D eigenvalue weighted by molar-refractivity contribution is 6.76. The van der Waals surface area contributed by atoms with Crippen molar-refractivity contribution in [3.05, 3.63) is 119 Å². The number of ether oxygens (including phenoxy) is 4. The Morgan fingerprint density at radius 1 is 0.455 bits per heavy atom. The van der Waals surface area contributed by atoms with Crippen molar-refractivity contribution in [1.29, 1.82) is 10.8 Å². The number of unbranched alkanes of at least 4 members (excludes halogenated alkanes) is 1. The van der Waals surface area contributed by atoms with Crippen LogP contribution in [0, 0.1) is 10.8 Å². The van der Waals surface area contributed by atoms with Crippen molar-refractivity contribution in [1.82, 2.24) is 0 Å². The molecule has 0 amide bonds. The summed E-state index contributed by atoms with van der Waals surface area (Å²) >= 11 is 0. The number of benzene rings is 4. The van der Waals surface area contributed by atoms with Gasteiger partial charge in [0.25, 0.3) is 0 Å². The maximum atomic E-state index is 8.99. The number of hydrogen-bond donors (Lipinski definition) is 2. The number of hydrogen-bond acceptors (Lipinski definition) is 6. The summed E-state index contributed by atoms with van der Waals surface area (Å²) in [6.07, 6.45) is 3.45. The predicted octanol–water partition coefficient (Wildman–Crippen LogP) is 7.66. The van der Waals surface area contributed by atoms with Crippen molar-refractivity contribution in [3.8, 4) is 23.0 Å². The standard InChI is InChI=1S/C36H40B2N2O4/c1-41-29-15-7-25(8-16-29)33(26-9-17-30(42-2)18-10-26)35(39)37-23-5-6-24-38-36(40)34(27-11-19-31(43-3)20-12-27)28-13-21-32(44-4)22-14-28/h7-22,33-34,39-40H,5-6,23-24H2,1-4H3. The Hall–Kier alpha value is -4.45. The highest BCUT2D eigenvalue weighted by Crippen LogP contribution is 2.31. The van der Waals surface area contributed by atoms with E-state index in [1.165, 1.54) is 0 Å². The Bertz CT molecular complexity index is 1270. The van der Waals surface area contributed by atoms with Gasteiger partial charge in [0, 0.05) is 11.8 Å². The molecule has 0 bridgehead atoms. The molecule has 4 aromatic rings. The number of nitrogens with one attached hydrogen (secondary N) is 2. The van der Waals surface area contributed by atoms with E-state index in [1.807, 2.05) is 112 Å². The van der Waals surface area contributed by atoms with Crippen LogP contribution in [0.1, 0.15) is 46.9 Å². The lowest BCUT2D eigenvalue weighted by molar-refractivity contribution is 0.414. The van der Waals surface area contributed by atoms with Crippen LogP contribution in [0.25, 0.3) is 0 Å². The zero-order chi connectivity index (χ0) is 31.3. The molecular formula is C36H40B2N2O4. The maximum absolute atomic E-state index is 8.99. The SMILES string of the molecule is COc1ccc(C(C(=N)[B]CCCC[B]C(=N)C(c2ccc(OC)cc2)c2ccc(OC)cc2)c2ccc(OC)cc2)cc1. The van der Waals surface area contributed by atoms with E-state index in [-0.39, 0.29) is 11.8 Å². The van der Waals surface area contributed by atoms with Crippen molar-refractivity contribution >= 4 is 25.8 Å². The maximum Gasteiger partial charge on any atom is 0.172 e. The van der Waals surface area contributed by atoms with Gasteiger partial charge in [-0.2, -0.15) is 0 Å². The molecule has 0 spiro atoms. The Morgan fingerprint density at radius 2 is 0.682 bits per heavy atom. The summed E-state index contributed by atoms with van der Waals surface area (Å²) in [6.45, 7) is 0. The van der Waals surface area contributed by atoms with Gasteiger partial charge < -0.3 is 29.8 Å². The fraction of sp³-hybridized carbons (Fsp3) is 0.278. The van der Waals surface area contributed by atoms with E-state index >= 15 is 0 Å². The van der Waals surface area contributed by atoms with Gasteiger partial charge in [-0.3, -0.25) is 0 Å². The van der Waals surface area contributed by atoms with Crippen LogP contribution in [0.5, 0.6) is 23.0 Å². The first-order valence-corrected chi connectivity index (χ1v) is 14.9. The molecule has 0 heterocycles. The van der Waals surface area contributed by atoms with Gasteiger partial charge in [-0.1, -0.05) is 74.0 Å². The highest BCUT2D eigenvalue weighted by atomic mass is 16.5. The Kier molecular flexibility index (Phi) is 12.1. The third-order valence-electron chi connectivity index (χ3n) is 7.81. The van der Waals surface area contributed by atoms with Gasteiger partial charge >= 0.3 is 0 Å². The van der Waals surface area contributed by atoms with Crippen molar-refractivity contribution in [2.45, 2.75) is 37.3 Å². The van der Waals surface area contributed by atoms with E-state index in [0.717, 1.165) is 70.7 Å². The third kappa shape index (κ3) is 8.56. The Balaban J connectivity index is 1.35. The molecule has 0 saturated heterocycles. The predicted molar refractivity (Wildman–Crippen MR) is 181 cm³/mol. The normalized spacial score (nSPS) is 10.8. The fourth-order valence-electron chi connectivity index (χ4n) is 5.33. The van der Waals surface area contributed by atoms with Crippen LogP contribution in [0.4, 0.5) is 0 Å². The van der Waals surface area contributed by atoms with E-state index in [0.29, 0.717) is 11.2 Å². The molecule has 0 aromatic heterocycles. The van der Waals surface area contributed by atoms with Crippen molar-refractivity contribution in [2.24, 2.45) is 0 Å². The van der Waals surface area contributed by atoms with E-state index < -0.39 is 0 Å². The molecule has 0 unspecified atom stereocenters. The molecular weight excluding hydrogens is 546 g/mol. The number of methoxy groups -OCH3 is 4. The second-order valence-electron chi connectivity index (χ2n) is 10.6. The second-order valence-corrected chi connectivity index (χ2v) is 10.6. The largest absolute Gasteiger partial charge is 0.497 e. The van der Waals surface area contributed by atoms with E-state index in [1.54, 1.807) is 28.4 Å². The fourth-order valence-corrected chi connectivity index (χ4v) is 5.33. The van der Waals surface area contributed by atoms with E-state index in [4.69, 9.17) is 29.8 Å². The topological polar surface area (TPSA) is 84.6 Å². The zero-order valence-electron chi connectivity index (χ0n) is 26.0. The molecule has 4 rings (SSSR count). The van der Waals surface area contributed by atoms with Gasteiger partial charge in [0.2, 0.25) is 0 Å². The zero-order valence-corrected chi connectivity index (χ0v) is 26.0. The third-order valence-corrected chi connectivity index (χ3v) is 7.81. The molecule has 224 valence electrons. The van der Waals surface area contributed by atoms with Crippen LogP contribution in [0.2, 0.25) is 12.6 Å². The lowest BCUT2D eigenvalue weighted by Gasteiger charge is -2.21. The Morgan fingerprint density at radius 3 is 0.886 bits per heavy atom. The molecule has 0 saturated carbocycles. The smallest absolute Gasteiger partial charge is 0.172 e. The average molecular weight is 586 g/mol. The summed E-state index contributed by atoms with van der Waals surface area (Å²) in [5.41, 5.74) is 5.31. The monoisotopic (exact) mass is 586 g/mol. The molecule has 0 atom stereocenters. The van der Waals surface area contributed by atoms with Gasteiger partial charge in [-0.25, -0.2) is 0 Å². The summed E-state index contributed by atoms with van der Waals surface area (Å²) in [7, 11) is 10.7. The van der Waals surface area contributed by atoms with Crippen LogP contribution in [-0.4, -0.2) is 54.2 Å². The van der Waals surface area contributed by atoms with Crippen LogP contribution >= 0.6 is 0 Å². The van der Waals surface area contributed by atoms with E-state index in [2.05, 4.69) is 0 Å². The molecule has 0 aliphatic heterocycles. The molecule has 2 radical (unpaired) electrons. The minimum atomic E-state index is -0.179. The molecule has 8 heteroatoms. The molecule has 6 nitrogen and oxygen atoms in total. The second kappa shape index (κ2) is 16.4. The van der Waals surface area contributed by atoms with Crippen LogP contribution in [0.3, 0.4) is 0 Å². The summed E-state index contributed by atoms with van der Waals surface area (Å²) in [5.74, 6) is 2.81. The summed E-state index contributed by atoms with van der Waals surface area (Å²) in [6, 6.07) is 31.7. The highest BCUT2D eigenvalue weighted by Gasteiger charge is 2.22. The first-order chi connectivity index (χ1) is 21.5. The van der Waals surface area contributed by atoms with Gasteiger partial charge in [-0.15, -0.1) is 0 Å². The lowest BCUT2D eigenvalue weighted by atomic mass is 9.59. The summed E-state index contributed by atoms with van der Waals surface area (Å²) < 4.78 is 21.4. The lowest BCUT2D eigenvalue weighted by Crippen LogP contribution is -2.20. The molecule has 2 N–H and O–H groups in total. The minimum absolute atomic E-state index is 0.179. The quantitative estimate of drug-likeness (QED) is 0.0756. The van der Waals surface area contributed by atoms with Crippen molar-refractivity contribution in [3.63, 3.8) is 0 Å². The molecule has 0 aliphatic carbocycles. The molecule has 44 heavy (non-hydrogen) atoms. The van der Waals surface area contributed by atoms with Gasteiger partial charge in [0.1, 0.15) is 23.0 Å². The van der Waals surface area contributed by atoms with Gasteiger partial charge in [0.05, 0.1) is 28.4 Å². The molecule has 4 aromatic carbocycles. The molecule has 0 fully saturated rings. The van der Waals surface area contributed by atoms with Crippen molar-refractivity contribution in [2.75, 3.05) is 28.4 Å². The molecule has 0 aliphatic rings. The van der Waals surface area contributed by atoms with Crippen LogP contribution in [-0.2, 0) is 0 Å². The Labute approximate surface area is 263 Å². The van der Waals surface area contributed by atoms with Crippen molar-refractivity contribution < 1.29 is 18.9 Å². The minimum Gasteiger partial charge on any atom is -0.497 e. The van der Waals surface area contributed by atoms with Crippen LogP contribution in [0.15, 0.2) is 97.1 Å². The van der Waals surface area contributed by atoms with Gasteiger partial charge in [0.15, 0.2) is 14.6 Å². The summed E-state index contributed by atoms with van der Waals surface area (Å²) in [5, 5.41) is 18.0. The van der Waals surface area contributed by atoms with Crippen LogP contribution < -0.4 is 18.9 Å². The number of rotatable bonds is 17. The first-order valence-electron chi connectivity index (χ1n) is 14.9.